The molecule has 23 heavy (non-hydrogen) atoms. The van der Waals surface area contributed by atoms with E-state index in [1.54, 1.807) is 44.2 Å². The molecule has 1 heterocycles. The molecule has 2 rings (SSSR count). The van der Waals surface area contributed by atoms with E-state index in [1.165, 1.54) is 11.3 Å². The van der Waals surface area contributed by atoms with Crippen molar-refractivity contribution in [3.8, 4) is 11.5 Å². The van der Waals surface area contributed by atoms with Crippen LogP contribution in [0.25, 0.3) is 0 Å². The third-order valence-corrected chi connectivity index (χ3v) is 5.02. The molecule has 0 atom stereocenters. The molecule has 2 aromatic rings. The quantitative estimate of drug-likeness (QED) is 0.443. The lowest BCUT2D eigenvalue weighted by Crippen LogP contribution is -2.12. The van der Waals surface area contributed by atoms with Crippen molar-refractivity contribution in [1.82, 2.24) is 10.2 Å². The SMILES string of the molecule is CCCCSc1nnc(NC(=O)c2cc(OC)cc(OC)c2)s1. The molecule has 0 aliphatic carbocycles. The lowest BCUT2D eigenvalue weighted by molar-refractivity contribution is 0.102. The van der Waals surface area contributed by atoms with Gasteiger partial charge in [-0.25, -0.2) is 0 Å². The summed E-state index contributed by atoms with van der Waals surface area (Å²) in [7, 11) is 3.09. The zero-order chi connectivity index (χ0) is 16.7. The zero-order valence-corrected chi connectivity index (χ0v) is 14.9. The highest BCUT2D eigenvalue weighted by Gasteiger charge is 2.13. The number of thioether (sulfide) groups is 1. The van der Waals surface area contributed by atoms with Crippen LogP contribution in [-0.4, -0.2) is 36.1 Å². The summed E-state index contributed by atoms with van der Waals surface area (Å²) >= 11 is 3.03. The van der Waals surface area contributed by atoms with E-state index in [0.717, 1.165) is 22.9 Å². The predicted molar refractivity (Wildman–Crippen MR) is 93.0 cm³/mol. The van der Waals surface area contributed by atoms with Crippen LogP contribution in [0.4, 0.5) is 5.13 Å². The van der Waals surface area contributed by atoms with Gasteiger partial charge in [-0.3, -0.25) is 10.1 Å². The monoisotopic (exact) mass is 353 g/mol. The van der Waals surface area contributed by atoms with Crippen LogP contribution in [0.2, 0.25) is 0 Å². The standard InChI is InChI=1S/C15H19N3O3S2/c1-4-5-6-22-15-18-17-14(23-15)16-13(19)10-7-11(20-2)9-12(8-10)21-3/h7-9H,4-6H2,1-3H3,(H,16,17,19). The average molecular weight is 353 g/mol. The summed E-state index contributed by atoms with van der Waals surface area (Å²) in [4.78, 5) is 12.3. The largest absolute Gasteiger partial charge is 0.497 e. The maximum atomic E-state index is 12.3. The number of aromatic nitrogens is 2. The highest BCUT2D eigenvalue weighted by molar-refractivity contribution is 8.01. The Bertz CT molecular complexity index is 639. The molecule has 0 saturated heterocycles. The van der Waals surface area contributed by atoms with Gasteiger partial charge in [0.05, 0.1) is 14.2 Å². The first-order chi connectivity index (χ1) is 11.2. The lowest BCUT2D eigenvalue weighted by Gasteiger charge is -2.07. The third-order valence-electron chi connectivity index (χ3n) is 2.96. The summed E-state index contributed by atoms with van der Waals surface area (Å²) in [6.45, 7) is 2.15. The molecule has 6 nitrogen and oxygen atoms in total. The van der Waals surface area contributed by atoms with Crippen molar-refractivity contribution in [2.45, 2.75) is 24.1 Å². The minimum Gasteiger partial charge on any atom is -0.497 e. The second kappa shape index (κ2) is 8.73. The molecule has 1 N–H and O–H groups in total. The summed E-state index contributed by atoms with van der Waals surface area (Å²) in [5.41, 5.74) is 0.441. The van der Waals surface area contributed by atoms with Gasteiger partial charge in [0.1, 0.15) is 11.5 Å². The van der Waals surface area contributed by atoms with Crippen molar-refractivity contribution in [1.29, 1.82) is 0 Å². The fourth-order valence-corrected chi connectivity index (χ4v) is 3.63. The molecule has 0 unspecified atom stereocenters. The summed E-state index contributed by atoms with van der Waals surface area (Å²) in [6.07, 6.45) is 2.28. The van der Waals surface area contributed by atoms with Crippen molar-refractivity contribution in [3.05, 3.63) is 23.8 Å². The molecule has 1 aromatic carbocycles. The summed E-state index contributed by atoms with van der Waals surface area (Å²) in [5, 5.41) is 11.3. The lowest BCUT2D eigenvalue weighted by atomic mass is 10.2. The normalized spacial score (nSPS) is 10.4. The number of nitrogens with zero attached hydrogens (tertiary/aromatic N) is 2. The molecule has 0 saturated carbocycles. The Kier molecular flexibility index (Phi) is 6.66. The molecule has 0 radical (unpaired) electrons. The molecule has 0 bridgehead atoms. The molecular weight excluding hydrogens is 334 g/mol. The average Bonchev–Trinajstić information content (AvgIpc) is 3.01. The Balaban J connectivity index is 2.04. The number of methoxy groups -OCH3 is 2. The summed E-state index contributed by atoms with van der Waals surface area (Å²) in [5.74, 6) is 1.85. The second-order valence-corrected chi connectivity index (χ2v) is 6.95. The highest BCUT2D eigenvalue weighted by Crippen LogP contribution is 2.27. The van der Waals surface area contributed by atoms with Crippen LogP contribution >= 0.6 is 23.1 Å². The number of unbranched alkanes of at least 4 members (excludes halogenated alkanes) is 1. The van der Waals surface area contributed by atoms with E-state index in [1.807, 2.05) is 0 Å². The Labute approximate surface area is 143 Å². The highest BCUT2D eigenvalue weighted by atomic mass is 32.2. The molecular formula is C15H19N3O3S2. The fraction of sp³-hybridized carbons (Fsp3) is 0.400. The number of benzene rings is 1. The summed E-state index contributed by atoms with van der Waals surface area (Å²) < 4.78 is 11.2. The number of hydrogen-bond donors (Lipinski definition) is 1. The van der Waals surface area contributed by atoms with Crippen molar-refractivity contribution < 1.29 is 14.3 Å². The molecule has 0 fully saturated rings. The Morgan fingerprint density at radius 1 is 1.22 bits per heavy atom. The van der Waals surface area contributed by atoms with E-state index in [9.17, 15) is 4.79 Å². The number of amides is 1. The molecule has 0 aliphatic heterocycles. The van der Waals surface area contributed by atoms with E-state index in [4.69, 9.17) is 9.47 Å². The molecule has 1 aromatic heterocycles. The molecule has 8 heteroatoms. The molecule has 1 amide bonds. The third kappa shape index (κ3) is 5.11. The van der Waals surface area contributed by atoms with E-state index >= 15 is 0 Å². The second-order valence-electron chi connectivity index (χ2n) is 4.63. The van der Waals surface area contributed by atoms with Crippen LogP contribution in [0.1, 0.15) is 30.1 Å². The number of anilines is 1. The first-order valence-electron chi connectivity index (χ1n) is 7.17. The van der Waals surface area contributed by atoms with Crippen LogP contribution < -0.4 is 14.8 Å². The Hall–Kier alpha value is -1.80. The minimum absolute atomic E-state index is 0.275. The Morgan fingerprint density at radius 2 is 1.91 bits per heavy atom. The van der Waals surface area contributed by atoms with Crippen molar-refractivity contribution >= 4 is 34.1 Å². The summed E-state index contributed by atoms with van der Waals surface area (Å²) in [6, 6.07) is 5.01. The van der Waals surface area contributed by atoms with Gasteiger partial charge in [0.25, 0.3) is 5.91 Å². The van der Waals surface area contributed by atoms with Gasteiger partial charge in [0, 0.05) is 17.4 Å². The van der Waals surface area contributed by atoms with Crippen LogP contribution in [-0.2, 0) is 0 Å². The van der Waals surface area contributed by atoms with E-state index in [-0.39, 0.29) is 5.91 Å². The van der Waals surface area contributed by atoms with Crippen molar-refractivity contribution in [3.63, 3.8) is 0 Å². The number of rotatable bonds is 8. The van der Waals surface area contributed by atoms with E-state index in [0.29, 0.717) is 22.2 Å². The van der Waals surface area contributed by atoms with Gasteiger partial charge in [-0.15, -0.1) is 10.2 Å². The first-order valence-corrected chi connectivity index (χ1v) is 8.97. The topological polar surface area (TPSA) is 73.3 Å². The van der Waals surface area contributed by atoms with Crippen LogP contribution in [0.5, 0.6) is 11.5 Å². The molecule has 0 aliphatic rings. The van der Waals surface area contributed by atoms with Gasteiger partial charge in [-0.1, -0.05) is 36.4 Å². The Morgan fingerprint density at radius 3 is 2.52 bits per heavy atom. The van der Waals surface area contributed by atoms with Gasteiger partial charge in [-0.2, -0.15) is 0 Å². The van der Waals surface area contributed by atoms with Gasteiger partial charge in [0.2, 0.25) is 5.13 Å². The fourth-order valence-electron chi connectivity index (χ4n) is 1.73. The molecule has 0 spiro atoms. The van der Waals surface area contributed by atoms with Gasteiger partial charge in [-0.05, 0) is 18.6 Å². The number of hydrogen-bond acceptors (Lipinski definition) is 7. The van der Waals surface area contributed by atoms with Crippen LogP contribution in [0.15, 0.2) is 22.5 Å². The number of carbonyl (C=O) groups excluding carboxylic acids is 1. The number of carbonyl (C=O) groups is 1. The van der Waals surface area contributed by atoms with E-state index in [2.05, 4.69) is 22.4 Å². The van der Waals surface area contributed by atoms with Crippen molar-refractivity contribution in [2.75, 3.05) is 25.3 Å². The van der Waals surface area contributed by atoms with Crippen LogP contribution in [0.3, 0.4) is 0 Å². The zero-order valence-electron chi connectivity index (χ0n) is 13.3. The maximum Gasteiger partial charge on any atom is 0.257 e. The number of nitrogens with one attached hydrogen (secondary N) is 1. The van der Waals surface area contributed by atoms with Crippen molar-refractivity contribution in [2.24, 2.45) is 0 Å². The molecule has 124 valence electrons. The minimum atomic E-state index is -0.275. The van der Waals surface area contributed by atoms with Gasteiger partial charge < -0.3 is 9.47 Å². The van der Waals surface area contributed by atoms with Gasteiger partial charge in [0.15, 0.2) is 4.34 Å². The van der Waals surface area contributed by atoms with E-state index < -0.39 is 0 Å². The first kappa shape index (κ1) is 17.6. The number of ether oxygens (including phenoxy) is 2. The smallest absolute Gasteiger partial charge is 0.257 e. The predicted octanol–water partition coefficient (Wildman–Crippen LogP) is 3.70. The van der Waals surface area contributed by atoms with Crippen LogP contribution in [0, 0.1) is 0 Å². The maximum absolute atomic E-state index is 12.3. The van der Waals surface area contributed by atoms with Gasteiger partial charge >= 0.3 is 0 Å².